The fraction of sp³-hybridized carbons (Fsp3) is 0.509. The second kappa shape index (κ2) is 30.8. The SMILES string of the molecule is CC(C)Cc1ccc(C(=O)C[S+]2CCCC2)cc1.CCCCc1ccc(C(=O)C[S+]2CCCC2)cc1.COc1ccc(C(=O)C[S+]2CCCC2)cc1.O=C(C[S+]1CCCC1)c1ccc([N+](=O)[O-])cc1. The molecule has 0 aromatic heterocycles. The molecule has 0 unspecified atom stereocenters. The molecule has 0 N–H and O–H groups in total. The number of carbonyl (C=O) groups is 4. The van der Waals surface area contributed by atoms with Gasteiger partial charge in [-0.25, -0.2) is 0 Å². The highest BCUT2D eigenvalue weighted by Gasteiger charge is 2.30. The van der Waals surface area contributed by atoms with E-state index in [-0.39, 0.29) is 28.1 Å². The summed E-state index contributed by atoms with van der Waals surface area (Å²) in [5.74, 6) is 15.4. The molecule has 8 rings (SSSR count). The lowest BCUT2D eigenvalue weighted by Gasteiger charge is -2.06. The molecular formula is C57H77NO7S4+4. The molecule has 372 valence electrons. The van der Waals surface area contributed by atoms with Crippen molar-refractivity contribution in [1.29, 1.82) is 0 Å². The van der Waals surface area contributed by atoms with E-state index in [0.717, 1.165) is 52.5 Å². The Labute approximate surface area is 424 Å². The number of aryl methyl sites for hydroxylation is 1. The van der Waals surface area contributed by atoms with Crippen molar-refractivity contribution >= 4 is 72.4 Å². The number of hydrogen-bond donors (Lipinski definition) is 0. The summed E-state index contributed by atoms with van der Waals surface area (Å²) in [7, 11) is 2.99. The first-order chi connectivity index (χ1) is 33.4. The highest BCUT2D eigenvalue weighted by Crippen LogP contribution is 2.21. The van der Waals surface area contributed by atoms with Crippen molar-refractivity contribution in [3.8, 4) is 5.75 Å². The van der Waals surface area contributed by atoms with Gasteiger partial charge in [-0.2, -0.15) is 0 Å². The van der Waals surface area contributed by atoms with Crippen LogP contribution in [-0.2, 0) is 56.4 Å². The molecule has 4 aliphatic heterocycles. The van der Waals surface area contributed by atoms with Crippen LogP contribution in [0.2, 0.25) is 0 Å². The highest BCUT2D eigenvalue weighted by atomic mass is 32.2. The van der Waals surface area contributed by atoms with Gasteiger partial charge in [0.15, 0.2) is 23.0 Å². The Bertz CT molecular complexity index is 2170. The van der Waals surface area contributed by atoms with Gasteiger partial charge in [-0.05, 0) is 168 Å². The number of ketones is 4. The molecule has 69 heavy (non-hydrogen) atoms. The number of Topliss-reactive ketones (excluding diaryl/α,β-unsaturated/α-hetero) is 4. The van der Waals surface area contributed by atoms with Gasteiger partial charge in [0.25, 0.3) is 5.69 Å². The molecular weight excluding hydrogens is 939 g/mol. The molecule has 0 saturated carbocycles. The monoisotopic (exact) mass is 1020 g/mol. The number of ether oxygens (including phenoxy) is 1. The highest BCUT2D eigenvalue weighted by molar-refractivity contribution is 7.98. The zero-order valence-electron chi connectivity index (χ0n) is 41.7. The third kappa shape index (κ3) is 20.4. The second-order valence-electron chi connectivity index (χ2n) is 18.8. The van der Waals surface area contributed by atoms with Gasteiger partial charge in [0, 0.05) is 34.4 Å². The van der Waals surface area contributed by atoms with Gasteiger partial charge in [0.1, 0.15) is 51.8 Å². The van der Waals surface area contributed by atoms with Gasteiger partial charge >= 0.3 is 0 Å². The van der Waals surface area contributed by atoms with E-state index in [9.17, 15) is 29.3 Å². The molecule has 4 aromatic carbocycles. The minimum Gasteiger partial charge on any atom is -0.497 e. The van der Waals surface area contributed by atoms with Crippen molar-refractivity contribution in [2.75, 3.05) is 76.1 Å². The van der Waals surface area contributed by atoms with E-state index < -0.39 is 4.92 Å². The van der Waals surface area contributed by atoms with E-state index in [1.165, 1.54) is 133 Å². The van der Waals surface area contributed by atoms with Crippen LogP contribution in [0.3, 0.4) is 0 Å². The standard InChI is InChI=1S/2C16H23OS.C13H17O2S.C12H14NO3S/c1-13(2)11-14-5-7-15(8-6-14)16(17)12-18-9-3-4-10-18;1-2-3-6-14-7-9-15(10-8-14)16(17)13-18-11-4-5-12-18;1-15-12-6-4-11(5-7-12)13(14)10-16-8-2-3-9-16;14-12(9-17-7-1-2-8-17)10-3-5-11(6-4-10)13(15)16/h5-8,13H,3-4,9-12H2,1-2H3;7-10H,2-6,11-13H2,1H3;4-7H,2-3,8-10H2,1H3;3-6H,1-2,7-9H2/q4*+1. The van der Waals surface area contributed by atoms with E-state index in [1.54, 1.807) is 19.2 Å². The van der Waals surface area contributed by atoms with E-state index in [4.69, 9.17) is 4.74 Å². The van der Waals surface area contributed by atoms with Gasteiger partial charge in [-0.3, -0.25) is 29.3 Å². The number of nitrogens with zero attached hydrogens (tertiary/aromatic N) is 1. The fourth-order valence-corrected chi connectivity index (χ4v) is 17.6. The third-order valence-corrected chi connectivity index (χ3v) is 22.2. The molecule has 4 saturated heterocycles. The predicted octanol–water partition coefficient (Wildman–Crippen LogP) is 11.6. The van der Waals surface area contributed by atoms with Crippen LogP contribution in [-0.4, -0.2) is 104 Å². The van der Waals surface area contributed by atoms with Gasteiger partial charge in [0.2, 0.25) is 23.1 Å². The first-order valence-corrected chi connectivity index (χ1v) is 32.1. The van der Waals surface area contributed by atoms with Crippen LogP contribution < -0.4 is 4.74 Å². The van der Waals surface area contributed by atoms with Crippen LogP contribution in [0.25, 0.3) is 0 Å². The maximum atomic E-state index is 12.1. The maximum absolute atomic E-state index is 12.1. The smallest absolute Gasteiger partial charge is 0.269 e. The minimum absolute atomic E-state index is 0.0323. The average Bonchev–Trinajstić information content (AvgIpc) is 4.24. The largest absolute Gasteiger partial charge is 0.497 e. The molecule has 0 amide bonds. The Morgan fingerprint density at radius 3 is 1.10 bits per heavy atom. The Morgan fingerprint density at radius 2 is 0.812 bits per heavy atom. The van der Waals surface area contributed by atoms with Crippen molar-refractivity contribution in [2.45, 2.75) is 97.8 Å². The van der Waals surface area contributed by atoms with Crippen molar-refractivity contribution in [1.82, 2.24) is 0 Å². The zero-order valence-corrected chi connectivity index (χ0v) is 45.0. The van der Waals surface area contributed by atoms with Crippen LogP contribution in [0.4, 0.5) is 5.69 Å². The molecule has 0 spiro atoms. The summed E-state index contributed by atoms with van der Waals surface area (Å²) in [6.07, 6.45) is 15.1. The van der Waals surface area contributed by atoms with E-state index in [1.807, 2.05) is 48.5 Å². The fourth-order valence-electron chi connectivity index (χ4n) is 8.59. The lowest BCUT2D eigenvalue weighted by atomic mass is 10.0. The summed E-state index contributed by atoms with van der Waals surface area (Å²) in [4.78, 5) is 58.2. The van der Waals surface area contributed by atoms with Crippen molar-refractivity contribution < 1.29 is 28.8 Å². The van der Waals surface area contributed by atoms with Crippen LogP contribution in [0.15, 0.2) is 97.1 Å². The number of unbranched alkanes of at least 4 members (excludes halogenated alkanes) is 1. The van der Waals surface area contributed by atoms with Crippen LogP contribution in [0, 0.1) is 16.0 Å². The number of rotatable bonds is 19. The molecule has 0 radical (unpaired) electrons. The number of carbonyl (C=O) groups excluding carboxylic acids is 4. The molecule has 8 nitrogen and oxygen atoms in total. The molecule has 0 aliphatic carbocycles. The number of non-ortho nitro benzene ring substituents is 1. The summed E-state index contributed by atoms with van der Waals surface area (Å²) in [5, 5.41) is 10.5. The van der Waals surface area contributed by atoms with Gasteiger partial charge in [-0.15, -0.1) is 0 Å². The summed E-state index contributed by atoms with van der Waals surface area (Å²) in [6.45, 7) is 6.65. The first-order valence-electron chi connectivity index (χ1n) is 25.2. The second-order valence-corrected chi connectivity index (χ2v) is 28.1. The molecule has 0 atom stereocenters. The molecule has 12 heteroatoms. The van der Waals surface area contributed by atoms with Crippen molar-refractivity contribution in [3.05, 3.63) is 141 Å². The lowest BCUT2D eigenvalue weighted by Crippen LogP contribution is -2.17. The van der Waals surface area contributed by atoms with Crippen LogP contribution >= 0.6 is 0 Å². The van der Waals surface area contributed by atoms with E-state index in [0.29, 0.717) is 61.5 Å². The number of hydrogen-bond acceptors (Lipinski definition) is 7. The zero-order chi connectivity index (χ0) is 49.4. The lowest BCUT2D eigenvalue weighted by molar-refractivity contribution is -0.384. The summed E-state index contributed by atoms with van der Waals surface area (Å²) >= 11 is 0. The van der Waals surface area contributed by atoms with Gasteiger partial charge in [-0.1, -0.05) is 75.7 Å². The molecule has 4 fully saturated rings. The Balaban J connectivity index is 0.000000172. The molecule has 4 aliphatic rings. The maximum Gasteiger partial charge on any atom is 0.269 e. The number of benzene rings is 4. The number of nitro groups is 1. The normalized spacial score (nSPS) is 16.2. The van der Waals surface area contributed by atoms with Crippen molar-refractivity contribution in [3.63, 3.8) is 0 Å². The predicted molar refractivity (Wildman–Crippen MR) is 298 cm³/mol. The Morgan fingerprint density at radius 1 is 0.507 bits per heavy atom. The first kappa shape index (κ1) is 56.1. The van der Waals surface area contributed by atoms with E-state index in [2.05, 4.69) is 45.0 Å². The Hall–Kier alpha value is -3.84. The Kier molecular flexibility index (Phi) is 25.0. The quantitative estimate of drug-likeness (QED) is 0.0397. The van der Waals surface area contributed by atoms with Crippen LogP contribution in [0.5, 0.6) is 5.75 Å². The molecule has 4 aromatic rings. The molecule has 4 heterocycles. The summed E-state index contributed by atoms with van der Waals surface area (Å²) in [5.41, 5.74) is 5.96. The third-order valence-electron chi connectivity index (χ3n) is 12.6. The summed E-state index contributed by atoms with van der Waals surface area (Å²) in [6, 6.07) is 29.9. The molecule has 0 bridgehead atoms. The topological polar surface area (TPSA) is 121 Å². The average molecular weight is 1020 g/mol. The number of methoxy groups -OCH3 is 1. The van der Waals surface area contributed by atoms with Crippen molar-refractivity contribution in [2.24, 2.45) is 5.92 Å². The van der Waals surface area contributed by atoms with Gasteiger partial charge < -0.3 is 4.74 Å². The van der Waals surface area contributed by atoms with Crippen LogP contribution in [0.1, 0.15) is 138 Å². The number of nitro benzene ring substituents is 1. The van der Waals surface area contributed by atoms with Gasteiger partial charge in [0.05, 0.1) is 12.0 Å². The van der Waals surface area contributed by atoms with E-state index >= 15 is 0 Å². The summed E-state index contributed by atoms with van der Waals surface area (Å²) < 4.78 is 5.07. The minimum atomic E-state index is -0.451.